The van der Waals surface area contributed by atoms with Gasteiger partial charge in [-0.25, -0.2) is 9.78 Å². The Balaban J connectivity index is 2.02. The van der Waals surface area contributed by atoms with E-state index in [2.05, 4.69) is 4.98 Å². The van der Waals surface area contributed by atoms with E-state index in [9.17, 15) is 4.79 Å². The molecule has 1 aromatic heterocycles. The van der Waals surface area contributed by atoms with E-state index in [-0.39, 0.29) is 0 Å². The second kappa shape index (κ2) is 6.09. The number of hydrogen-bond acceptors (Lipinski definition) is 5. The highest BCUT2D eigenvalue weighted by atomic mass is 32.2. The molecule has 0 amide bonds. The lowest BCUT2D eigenvalue weighted by atomic mass is 10.1. The maximum absolute atomic E-state index is 11.5. The Morgan fingerprint density at radius 3 is 2.94 bits per heavy atom. The highest BCUT2D eigenvalue weighted by molar-refractivity contribution is 7.99. The average molecular weight is 266 g/mol. The zero-order chi connectivity index (χ0) is 13.0. The van der Waals surface area contributed by atoms with Crippen molar-refractivity contribution in [3.05, 3.63) is 17.8 Å². The summed E-state index contributed by atoms with van der Waals surface area (Å²) in [4.78, 5) is 15.8. The Morgan fingerprint density at radius 2 is 2.28 bits per heavy atom. The minimum absolute atomic E-state index is 0.368. The second-order valence-electron chi connectivity index (χ2n) is 4.56. The normalized spacial score (nSPS) is 15.8. The van der Waals surface area contributed by atoms with Crippen molar-refractivity contribution in [2.24, 2.45) is 5.92 Å². The van der Waals surface area contributed by atoms with Crippen LogP contribution in [0.4, 0.5) is 5.69 Å². The van der Waals surface area contributed by atoms with Crippen LogP contribution in [0.2, 0.25) is 0 Å². The zero-order valence-corrected chi connectivity index (χ0v) is 11.3. The number of nitrogen functional groups attached to an aromatic ring is 1. The molecular weight excluding hydrogens is 248 g/mol. The first-order chi connectivity index (χ1) is 8.70. The van der Waals surface area contributed by atoms with Crippen molar-refractivity contribution in [2.45, 2.75) is 30.7 Å². The number of carbonyl (C=O) groups is 1. The Labute approximate surface area is 111 Å². The van der Waals surface area contributed by atoms with E-state index in [0.29, 0.717) is 11.3 Å². The second-order valence-corrected chi connectivity index (χ2v) is 5.60. The quantitative estimate of drug-likeness (QED) is 0.670. The SMILES string of the molecule is COC(=O)c1cc(SCC2CCCC2)ncc1N. The lowest BCUT2D eigenvalue weighted by molar-refractivity contribution is 0.0601. The fraction of sp³-hybridized carbons (Fsp3) is 0.538. The number of anilines is 1. The standard InChI is InChI=1S/C13H18N2O2S/c1-17-13(16)10-6-12(15-7-11(10)14)18-8-9-4-2-3-5-9/h6-7,9H,2-5,8,14H2,1H3. The smallest absolute Gasteiger partial charge is 0.340 e. The minimum atomic E-state index is -0.405. The summed E-state index contributed by atoms with van der Waals surface area (Å²) < 4.78 is 4.69. The van der Waals surface area contributed by atoms with Gasteiger partial charge in [0.15, 0.2) is 0 Å². The van der Waals surface area contributed by atoms with Gasteiger partial charge in [0.2, 0.25) is 0 Å². The van der Waals surface area contributed by atoms with E-state index in [1.807, 2.05) is 0 Å². The lowest BCUT2D eigenvalue weighted by Crippen LogP contribution is -2.07. The number of hydrogen-bond donors (Lipinski definition) is 1. The summed E-state index contributed by atoms with van der Waals surface area (Å²) in [6.07, 6.45) is 6.84. The molecule has 1 heterocycles. The van der Waals surface area contributed by atoms with Crippen molar-refractivity contribution in [2.75, 3.05) is 18.6 Å². The minimum Gasteiger partial charge on any atom is -0.465 e. The van der Waals surface area contributed by atoms with Gasteiger partial charge in [-0.05, 0) is 24.8 Å². The summed E-state index contributed by atoms with van der Waals surface area (Å²) in [5.41, 5.74) is 6.48. The van der Waals surface area contributed by atoms with Gasteiger partial charge in [0.05, 0.1) is 29.6 Å². The monoisotopic (exact) mass is 266 g/mol. The summed E-state index contributed by atoms with van der Waals surface area (Å²) in [5, 5.41) is 0.844. The van der Waals surface area contributed by atoms with Gasteiger partial charge < -0.3 is 10.5 Å². The van der Waals surface area contributed by atoms with Crippen LogP contribution in [0.15, 0.2) is 17.3 Å². The Kier molecular flexibility index (Phi) is 4.47. The molecule has 18 heavy (non-hydrogen) atoms. The van der Waals surface area contributed by atoms with E-state index >= 15 is 0 Å². The van der Waals surface area contributed by atoms with Crippen LogP contribution in [0.1, 0.15) is 36.0 Å². The molecule has 1 aliphatic carbocycles. The molecule has 4 nitrogen and oxygen atoms in total. The Morgan fingerprint density at radius 1 is 1.56 bits per heavy atom. The lowest BCUT2D eigenvalue weighted by Gasteiger charge is -2.09. The van der Waals surface area contributed by atoms with Crippen LogP contribution in [0.25, 0.3) is 0 Å². The Bertz CT molecular complexity index is 431. The Hall–Kier alpha value is -1.23. The van der Waals surface area contributed by atoms with Crippen LogP contribution in [-0.4, -0.2) is 23.8 Å². The van der Waals surface area contributed by atoms with Crippen molar-refractivity contribution < 1.29 is 9.53 Å². The van der Waals surface area contributed by atoms with Crippen LogP contribution in [0, 0.1) is 5.92 Å². The van der Waals surface area contributed by atoms with Crippen LogP contribution >= 0.6 is 11.8 Å². The molecule has 0 atom stereocenters. The molecule has 1 aromatic rings. The van der Waals surface area contributed by atoms with Crippen LogP contribution in [0.5, 0.6) is 0 Å². The first-order valence-electron chi connectivity index (χ1n) is 6.17. The number of thioether (sulfide) groups is 1. The first kappa shape index (κ1) is 13.2. The number of pyridine rings is 1. The molecule has 0 radical (unpaired) electrons. The molecule has 2 rings (SSSR count). The van der Waals surface area contributed by atoms with Crippen molar-refractivity contribution in [1.29, 1.82) is 0 Å². The molecule has 98 valence electrons. The third-order valence-electron chi connectivity index (χ3n) is 3.26. The van der Waals surface area contributed by atoms with Gasteiger partial charge >= 0.3 is 5.97 Å². The van der Waals surface area contributed by atoms with Gasteiger partial charge in [-0.15, -0.1) is 11.8 Å². The molecule has 0 aliphatic heterocycles. The number of esters is 1. The number of methoxy groups -OCH3 is 1. The number of rotatable bonds is 4. The zero-order valence-electron chi connectivity index (χ0n) is 10.5. The summed E-state index contributed by atoms with van der Waals surface area (Å²) >= 11 is 1.69. The van der Waals surface area contributed by atoms with Crippen molar-refractivity contribution in [3.63, 3.8) is 0 Å². The molecular formula is C13H18N2O2S. The van der Waals surface area contributed by atoms with Crippen LogP contribution in [-0.2, 0) is 4.74 Å². The summed E-state index contributed by atoms with van der Waals surface area (Å²) in [6, 6.07) is 1.72. The number of carbonyl (C=O) groups excluding carboxylic acids is 1. The topological polar surface area (TPSA) is 65.2 Å². The predicted molar refractivity (Wildman–Crippen MR) is 72.7 cm³/mol. The van der Waals surface area contributed by atoms with Crippen LogP contribution in [0.3, 0.4) is 0 Å². The summed E-state index contributed by atoms with van der Waals surface area (Å²) in [5.74, 6) is 1.45. The molecule has 0 unspecified atom stereocenters. The maximum atomic E-state index is 11.5. The van der Waals surface area contributed by atoms with E-state index in [1.165, 1.54) is 39.0 Å². The van der Waals surface area contributed by atoms with Gasteiger partial charge in [-0.1, -0.05) is 12.8 Å². The van der Waals surface area contributed by atoms with Gasteiger partial charge in [-0.2, -0.15) is 0 Å². The van der Waals surface area contributed by atoms with Crippen molar-refractivity contribution >= 4 is 23.4 Å². The average Bonchev–Trinajstić information content (AvgIpc) is 2.90. The van der Waals surface area contributed by atoms with Gasteiger partial charge in [-0.3, -0.25) is 0 Å². The summed E-state index contributed by atoms with van der Waals surface area (Å²) in [7, 11) is 1.35. The molecule has 0 bridgehead atoms. The maximum Gasteiger partial charge on any atom is 0.340 e. The van der Waals surface area contributed by atoms with Crippen molar-refractivity contribution in [3.8, 4) is 0 Å². The first-order valence-corrected chi connectivity index (χ1v) is 7.16. The number of nitrogens with zero attached hydrogens (tertiary/aromatic N) is 1. The number of nitrogens with two attached hydrogens (primary N) is 1. The highest BCUT2D eigenvalue weighted by Crippen LogP contribution is 2.31. The fourth-order valence-electron chi connectivity index (χ4n) is 2.19. The van der Waals surface area contributed by atoms with Gasteiger partial charge in [0.1, 0.15) is 0 Å². The molecule has 0 aromatic carbocycles. The molecule has 1 aliphatic rings. The molecule has 0 spiro atoms. The van der Waals surface area contributed by atoms with E-state index in [1.54, 1.807) is 17.8 Å². The molecule has 1 fully saturated rings. The van der Waals surface area contributed by atoms with Crippen LogP contribution < -0.4 is 5.73 Å². The molecule has 1 saturated carbocycles. The third kappa shape index (κ3) is 3.16. The number of aromatic nitrogens is 1. The molecule has 0 saturated heterocycles. The van der Waals surface area contributed by atoms with E-state index in [4.69, 9.17) is 10.5 Å². The predicted octanol–water partition coefficient (Wildman–Crippen LogP) is 2.73. The third-order valence-corrected chi connectivity index (χ3v) is 4.41. The molecule has 5 heteroatoms. The van der Waals surface area contributed by atoms with Crippen molar-refractivity contribution in [1.82, 2.24) is 4.98 Å². The number of ether oxygens (including phenoxy) is 1. The van der Waals surface area contributed by atoms with Gasteiger partial charge in [0, 0.05) is 5.75 Å². The highest BCUT2D eigenvalue weighted by Gasteiger charge is 2.16. The van der Waals surface area contributed by atoms with Gasteiger partial charge in [0.25, 0.3) is 0 Å². The fourth-order valence-corrected chi connectivity index (χ4v) is 3.26. The largest absolute Gasteiger partial charge is 0.465 e. The molecule has 2 N–H and O–H groups in total. The van der Waals surface area contributed by atoms with E-state index in [0.717, 1.165) is 16.7 Å². The summed E-state index contributed by atoms with van der Waals surface area (Å²) in [6.45, 7) is 0. The van der Waals surface area contributed by atoms with E-state index < -0.39 is 5.97 Å².